The van der Waals surface area contributed by atoms with Crippen molar-refractivity contribution in [2.45, 2.75) is 71.1 Å². The second kappa shape index (κ2) is 10.9. The maximum atomic E-state index is 13.8. The van der Waals surface area contributed by atoms with Crippen LogP contribution in [0.1, 0.15) is 79.7 Å². The molecule has 4 rings (SSSR count). The molecule has 1 aliphatic heterocycles. The molecule has 2 aliphatic rings. The third-order valence-electron chi connectivity index (χ3n) is 7.35. The average molecular weight is 503 g/mol. The molecule has 1 heterocycles. The van der Waals surface area contributed by atoms with Crippen LogP contribution in [0.2, 0.25) is 0 Å². The van der Waals surface area contributed by atoms with E-state index in [4.69, 9.17) is 9.94 Å². The summed E-state index contributed by atoms with van der Waals surface area (Å²) in [7, 11) is 0. The number of hydrogen-bond donors (Lipinski definition) is 1. The lowest BCUT2D eigenvalue weighted by Crippen LogP contribution is -2.50. The molecule has 2 aromatic carbocycles. The smallest absolute Gasteiger partial charge is 0.416 e. The summed E-state index contributed by atoms with van der Waals surface area (Å²) in [6.07, 6.45) is 1.02. The molecular weight excluding hydrogens is 469 g/mol. The molecule has 0 bridgehead atoms. The fourth-order valence-corrected chi connectivity index (χ4v) is 5.20. The van der Waals surface area contributed by atoms with Crippen LogP contribution in [0, 0.1) is 5.92 Å². The lowest BCUT2D eigenvalue weighted by Gasteiger charge is -2.39. The van der Waals surface area contributed by atoms with Gasteiger partial charge in [0.25, 0.3) is 0 Å². The molecule has 36 heavy (non-hydrogen) atoms. The van der Waals surface area contributed by atoms with Gasteiger partial charge in [-0.2, -0.15) is 13.2 Å². The molecule has 0 amide bonds. The van der Waals surface area contributed by atoms with Gasteiger partial charge in [0.2, 0.25) is 0 Å². The van der Waals surface area contributed by atoms with Crippen molar-refractivity contribution in [2.75, 3.05) is 18.0 Å². The molecule has 2 fully saturated rings. The van der Waals surface area contributed by atoms with E-state index in [0.29, 0.717) is 29.9 Å². The predicted octanol–water partition coefficient (Wildman–Crippen LogP) is 6.78. The number of aliphatic carboxylic acids is 1. The molecule has 0 atom stereocenters. The highest BCUT2D eigenvalue weighted by atomic mass is 19.4. The molecule has 5 nitrogen and oxygen atoms in total. The minimum absolute atomic E-state index is 0.0346. The van der Waals surface area contributed by atoms with Crippen molar-refractivity contribution in [3.63, 3.8) is 0 Å². The highest BCUT2D eigenvalue weighted by molar-refractivity contribution is 5.99. The third-order valence-corrected chi connectivity index (χ3v) is 7.35. The third kappa shape index (κ3) is 5.85. The summed E-state index contributed by atoms with van der Waals surface area (Å²) in [4.78, 5) is 18.6. The highest BCUT2D eigenvalue weighted by Gasteiger charge is 2.36. The first-order valence-corrected chi connectivity index (χ1v) is 12.6. The van der Waals surface area contributed by atoms with Crippen LogP contribution in [-0.4, -0.2) is 29.9 Å². The van der Waals surface area contributed by atoms with Gasteiger partial charge in [-0.25, -0.2) is 0 Å². The Hall–Kier alpha value is -3.03. The summed E-state index contributed by atoms with van der Waals surface area (Å²) in [6, 6.07) is 10.4. The lowest BCUT2D eigenvalue weighted by molar-refractivity contribution is -0.142. The predicted molar refractivity (Wildman–Crippen MR) is 133 cm³/mol. The highest BCUT2D eigenvalue weighted by Crippen LogP contribution is 2.41. The number of carboxylic acids is 1. The molecule has 194 valence electrons. The van der Waals surface area contributed by atoms with E-state index < -0.39 is 17.7 Å². The number of carbonyl (C=O) groups is 1. The Bertz CT molecular complexity index is 1120. The Labute approximate surface area is 209 Å². The number of nitrogens with zero attached hydrogens (tertiary/aromatic N) is 2. The quantitative estimate of drug-likeness (QED) is 0.319. The molecule has 2 aromatic rings. The van der Waals surface area contributed by atoms with E-state index >= 15 is 0 Å². The minimum Gasteiger partial charge on any atom is -0.481 e. The summed E-state index contributed by atoms with van der Waals surface area (Å²) in [6.45, 7) is 4.78. The van der Waals surface area contributed by atoms with E-state index in [1.54, 1.807) is 19.1 Å². The zero-order chi connectivity index (χ0) is 25.9. The number of carboxylic acid groups (broad SMARTS) is 1. The summed E-state index contributed by atoms with van der Waals surface area (Å²) in [5.74, 6) is -1.14. The summed E-state index contributed by atoms with van der Waals surface area (Å²) >= 11 is 0. The van der Waals surface area contributed by atoms with Crippen LogP contribution in [0.4, 0.5) is 18.9 Å². The van der Waals surface area contributed by atoms with Crippen LogP contribution >= 0.6 is 0 Å². The van der Waals surface area contributed by atoms with Crippen LogP contribution < -0.4 is 4.90 Å². The van der Waals surface area contributed by atoms with Crippen LogP contribution in [0.25, 0.3) is 0 Å². The van der Waals surface area contributed by atoms with Crippen molar-refractivity contribution in [3.05, 3.63) is 64.2 Å². The van der Waals surface area contributed by atoms with E-state index in [1.807, 2.05) is 25.1 Å². The largest absolute Gasteiger partial charge is 0.481 e. The monoisotopic (exact) mass is 502 g/mol. The number of rotatable bonds is 8. The van der Waals surface area contributed by atoms with Gasteiger partial charge in [-0.05, 0) is 72.6 Å². The van der Waals surface area contributed by atoms with Crippen molar-refractivity contribution in [3.8, 4) is 0 Å². The van der Waals surface area contributed by atoms with E-state index in [1.165, 1.54) is 6.07 Å². The molecule has 0 unspecified atom stereocenters. The summed E-state index contributed by atoms with van der Waals surface area (Å²) < 4.78 is 41.4. The van der Waals surface area contributed by atoms with E-state index in [9.17, 15) is 18.0 Å². The van der Waals surface area contributed by atoms with Crippen molar-refractivity contribution in [2.24, 2.45) is 11.1 Å². The Morgan fingerprint density at radius 2 is 1.83 bits per heavy atom. The number of halogens is 3. The molecule has 0 spiro atoms. The van der Waals surface area contributed by atoms with Gasteiger partial charge in [-0.15, -0.1) is 0 Å². The zero-order valence-electron chi connectivity index (χ0n) is 20.8. The normalized spacial score (nSPS) is 17.7. The number of oxime groups is 1. The maximum absolute atomic E-state index is 13.8. The first-order valence-electron chi connectivity index (χ1n) is 12.6. The Balaban J connectivity index is 1.43. The molecule has 8 heteroatoms. The fraction of sp³-hybridized carbons (Fsp3) is 0.500. The number of anilines is 1. The molecule has 0 radical (unpaired) electrons. The Morgan fingerprint density at radius 3 is 2.47 bits per heavy atom. The first-order chi connectivity index (χ1) is 17.2. The van der Waals surface area contributed by atoms with Crippen LogP contribution in [-0.2, 0) is 28.8 Å². The van der Waals surface area contributed by atoms with E-state index in [2.05, 4.69) is 10.1 Å². The van der Waals surface area contributed by atoms with Crippen LogP contribution in [0.5, 0.6) is 0 Å². The van der Waals surface area contributed by atoms with E-state index in [-0.39, 0.29) is 18.4 Å². The van der Waals surface area contributed by atoms with Gasteiger partial charge in [0.15, 0.2) is 0 Å². The van der Waals surface area contributed by atoms with Crippen molar-refractivity contribution < 1.29 is 27.9 Å². The number of alkyl halides is 3. The van der Waals surface area contributed by atoms with Gasteiger partial charge in [-0.3, -0.25) is 4.79 Å². The van der Waals surface area contributed by atoms with Gasteiger partial charge >= 0.3 is 12.1 Å². The molecule has 1 saturated heterocycles. The van der Waals surface area contributed by atoms with Gasteiger partial charge in [0, 0.05) is 18.8 Å². The van der Waals surface area contributed by atoms with Crippen LogP contribution in [0.3, 0.4) is 0 Å². The second-order valence-corrected chi connectivity index (χ2v) is 9.84. The topological polar surface area (TPSA) is 62.1 Å². The average Bonchev–Trinajstić information content (AvgIpc) is 2.83. The van der Waals surface area contributed by atoms with Crippen molar-refractivity contribution in [1.82, 2.24) is 0 Å². The Kier molecular flexibility index (Phi) is 7.91. The number of aryl methyl sites for hydroxylation is 1. The molecule has 1 aliphatic carbocycles. The van der Waals surface area contributed by atoms with Gasteiger partial charge in [0.1, 0.15) is 6.61 Å². The number of benzene rings is 2. The van der Waals surface area contributed by atoms with Crippen molar-refractivity contribution >= 4 is 17.4 Å². The second-order valence-electron chi connectivity index (χ2n) is 9.84. The Morgan fingerprint density at radius 1 is 1.11 bits per heavy atom. The summed E-state index contributed by atoms with van der Waals surface area (Å²) in [5.41, 5.74) is 3.86. The minimum atomic E-state index is -4.40. The van der Waals surface area contributed by atoms with Crippen LogP contribution in [0.15, 0.2) is 41.6 Å². The van der Waals surface area contributed by atoms with Gasteiger partial charge in [0.05, 0.1) is 17.2 Å². The molecular formula is C28H33F3N2O3. The number of hydrogen-bond acceptors (Lipinski definition) is 4. The molecule has 0 aromatic heterocycles. The van der Waals surface area contributed by atoms with Gasteiger partial charge in [-0.1, -0.05) is 49.5 Å². The molecule has 1 saturated carbocycles. The first kappa shape index (κ1) is 26.0. The maximum Gasteiger partial charge on any atom is 0.416 e. The fourth-order valence-electron chi connectivity index (χ4n) is 5.20. The van der Waals surface area contributed by atoms with Crippen molar-refractivity contribution in [1.29, 1.82) is 0 Å². The standard InChI is InChI=1S/C28H33F3N2O3/c1-3-20-14-22(10-12-26(20)33-15-23(16-33)27(34)35)18(2)32-36-17-19-9-11-24(21-7-5-4-6-8-21)25(13-19)28(29,30)31/h9-14,21,23H,3-8,15-17H2,1-2H3,(H,34,35). The SMILES string of the molecule is CCc1cc(C(C)=NOCc2ccc(C3CCCCC3)c(C(F)(F)F)c2)ccc1N1CC(C(=O)O)C1. The zero-order valence-corrected chi connectivity index (χ0v) is 20.8. The lowest BCUT2D eigenvalue weighted by atomic mass is 9.81. The van der Waals surface area contributed by atoms with Gasteiger partial charge < -0.3 is 14.8 Å². The summed E-state index contributed by atoms with van der Waals surface area (Å²) in [5, 5.41) is 13.3. The van der Waals surface area contributed by atoms with E-state index in [0.717, 1.165) is 55.3 Å². The molecule has 1 N–H and O–H groups in total.